The molecular weight excluding hydrogens is 416 g/mol. The van der Waals surface area contributed by atoms with Crippen LogP contribution in [0.2, 0.25) is 0 Å². The Hall–Kier alpha value is -2.78. The fourth-order valence-corrected chi connectivity index (χ4v) is 5.53. The van der Waals surface area contributed by atoms with E-state index in [0.29, 0.717) is 45.4 Å². The second kappa shape index (κ2) is 9.15. The number of carbonyl (C=O) groups excluding carboxylic acids is 2. The number of piperidine rings is 1. The first-order chi connectivity index (χ1) is 14.9. The molecule has 0 atom stereocenters. The van der Waals surface area contributed by atoms with Crippen LogP contribution in [-0.2, 0) is 26.2 Å². The van der Waals surface area contributed by atoms with Crippen molar-refractivity contribution in [1.82, 2.24) is 14.6 Å². The lowest BCUT2D eigenvalue weighted by molar-refractivity contribution is -0.126. The molecule has 0 unspecified atom stereocenters. The first kappa shape index (κ1) is 21.5. The smallest absolute Gasteiger partial charge is 0.243 e. The number of hydrogen-bond acceptors (Lipinski definition) is 5. The summed E-state index contributed by atoms with van der Waals surface area (Å²) in [6.07, 6.45) is 5.71. The number of amides is 2. The molecule has 2 fully saturated rings. The van der Waals surface area contributed by atoms with E-state index in [9.17, 15) is 18.0 Å². The predicted molar refractivity (Wildman–Crippen MR) is 116 cm³/mol. The molecule has 1 aromatic carbocycles. The number of aromatic nitrogens is 1. The lowest BCUT2D eigenvalue weighted by atomic mass is 9.97. The van der Waals surface area contributed by atoms with Crippen LogP contribution < -0.4 is 10.2 Å². The minimum Gasteiger partial charge on any atom is -0.352 e. The van der Waals surface area contributed by atoms with Crippen LogP contribution in [0.25, 0.3) is 0 Å². The van der Waals surface area contributed by atoms with Gasteiger partial charge in [0.25, 0.3) is 0 Å². The Bertz CT molecular complexity index is 1030. The molecule has 0 radical (unpaired) electrons. The van der Waals surface area contributed by atoms with Crippen LogP contribution >= 0.6 is 0 Å². The number of sulfonamides is 1. The van der Waals surface area contributed by atoms with E-state index in [1.807, 2.05) is 12.1 Å². The summed E-state index contributed by atoms with van der Waals surface area (Å²) in [7, 11) is -3.63. The summed E-state index contributed by atoms with van der Waals surface area (Å²) in [5, 5.41) is 2.91. The fourth-order valence-electron chi connectivity index (χ4n) is 4.06. The highest BCUT2D eigenvalue weighted by atomic mass is 32.2. The van der Waals surface area contributed by atoms with E-state index < -0.39 is 10.0 Å². The molecule has 2 saturated heterocycles. The SMILES string of the molecule is O=C(NCc1cccnc1)C1CCN(S(=O)(=O)c2ccc(N3CCCC3=O)cc2)CC1. The van der Waals surface area contributed by atoms with Crippen molar-refractivity contribution in [3.63, 3.8) is 0 Å². The molecule has 2 amide bonds. The van der Waals surface area contributed by atoms with Crippen LogP contribution in [0, 0.1) is 5.92 Å². The average molecular weight is 443 g/mol. The van der Waals surface area contributed by atoms with E-state index >= 15 is 0 Å². The maximum atomic E-state index is 13.0. The Morgan fingerprint density at radius 2 is 1.84 bits per heavy atom. The van der Waals surface area contributed by atoms with Gasteiger partial charge in [-0.05, 0) is 55.2 Å². The fraction of sp³-hybridized carbons (Fsp3) is 0.409. The molecule has 164 valence electrons. The quantitative estimate of drug-likeness (QED) is 0.737. The standard InChI is InChI=1S/C22H26N4O4S/c27-21-4-2-12-26(21)19-5-7-20(8-6-19)31(29,30)25-13-9-18(10-14-25)22(28)24-16-17-3-1-11-23-15-17/h1,3,5-8,11,15,18H,2,4,9-10,12-14,16H2,(H,24,28). The Labute approximate surface area is 182 Å². The molecule has 0 saturated carbocycles. The summed E-state index contributed by atoms with van der Waals surface area (Å²) in [6.45, 7) is 1.69. The minimum absolute atomic E-state index is 0.0551. The van der Waals surface area contributed by atoms with Crippen LogP contribution in [0.3, 0.4) is 0 Å². The maximum absolute atomic E-state index is 13.0. The van der Waals surface area contributed by atoms with Gasteiger partial charge in [0.1, 0.15) is 0 Å². The first-order valence-electron chi connectivity index (χ1n) is 10.5. The van der Waals surface area contributed by atoms with Crippen molar-refractivity contribution >= 4 is 27.5 Å². The normalized spacial score (nSPS) is 18.3. The third-order valence-corrected chi connectivity index (χ3v) is 7.79. The zero-order chi connectivity index (χ0) is 21.8. The number of rotatable bonds is 6. The third kappa shape index (κ3) is 4.77. The van der Waals surface area contributed by atoms with Crippen molar-refractivity contribution < 1.29 is 18.0 Å². The molecule has 1 N–H and O–H groups in total. The van der Waals surface area contributed by atoms with Gasteiger partial charge in [-0.1, -0.05) is 6.07 Å². The number of benzene rings is 1. The van der Waals surface area contributed by atoms with Crippen molar-refractivity contribution in [2.45, 2.75) is 37.1 Å². The number of hydrogen-bond donors (Lipinski definition) is 1. The molecule has 0 aliphatic carbocycles. The van der Waals surface area contributed by atoms with Gasteiger partial charge in [0, 0.05) is 56.6 Å². The molecule has 2 aliphatic rings. The number of pyridine rings is 1. The van der Waals surface area contributed by atoms with E-state index in [1.165, 1.54) is 4.31 Å². The van der Waals surface area contributed by atoms with Gasteiger partial charge in [0.05, 0.1) is 4.90 Å². The van der Waals surface area contributed by atoms with Crippen molar-refractivity contribution in [3.8, 4) is 0 Å². The highest BCUT2D eigenvalue weighted by Gasteiger charge is 2.32. The summed E-state index contributed by atoms with van der Waals surface area (Å²) in [6, 6.07) is 10.2. The molecule has 8 nitrogen and oxygen atoms in total. The Balaban J connectivity index is 1.33. The van der Waals surface area contributed by atoms with Crippen molar-refractivity contribution in [2.75, 3.05) is 24.5 Å². The highest BCUT2D eigenvalue weighted by Crippen LogP contribution is 2.27. The van der Waals surface area contributed by atoms with Crippen molar-refractivity contribution in [1.29, 1.82) is 0 Å². The molecule has 1 aromatic heterocycles. The number of nitrogens with one attached hydrogen (secondary N) is 1. The van der Waals surface area contributed by atoms with E-state index in [0.717, 1.165) is 17.7 Å². The molecule has 0 spiro atoms. The van der Waals surface area contributed by atoms with Crippen LogP contribution in [-0.4, -0.2) is 49.2 Å². The predicted octanol–water partition coefficient (Wildman–Crippen LogP) is 1.93. The number of anilines is 1. The van der Waals surface area contributed by atoms with Crippen LogP contribution in [0.1, 0.15) is 31.2 Å². The van der Waals surface area contributed by atoms with Crippen molar-refractivity contribution in [2.24, 2.45) is 5.92 Å². The number of nitrogens with zero attached hydrogens (tertiary/aromatic N) is 3. The topological polar surface area (TPSA) is 99.7 Å². The van der Waals surface area contributed by atoms with Gasteiger partial charge >= 0.3 is 0 Å². The summed E-state index contributed by atoms with van der Waals surface area (Å²) in [5.41, 5.74) is 1.65. The first-order valence-corrected chi connectivity index (χ1v) is 12.0. The summed E-state index contributed by atoms with van der Waals surface area (Å²) >= 11 is 0. The largest absolute Gasteiger partial charge is 0.352 e. The van der Waals surface area contributed by atoms with Gasteiger partial charge in [-0.15, -0.1) is 0 Å². The van der Waals surface area contributed by atoms with Crippen LogP contribution in [0.15, 0.2) is 53.7 Å². The highest BCUT2D eigenvalue weighted by molar-refractivity contribution is 7.89. The second-order valence-electron chi connectivity index (χ2n) is 7.90. The Morgan fingerprint density at radius 1 is 1.10 bits per heavy atom. The molecular formula is C22H26N4O4S. The van der Waals surface area contributed by atoms with Gasteiger partial charge < -0.3 is 10.2 Å². The molecule has 4 rings (SSSR count). The lowest BCUT2D eigenvalue weighted by Crippen LogP contribution is -2.42. The number of carbonyl (C=O) groups is 2. The lowest BCUT2D eigenvalue weighted by Gasteiger charge is -2.30. The van der Waals surface area contributed by atoms with Gasteiger partial charge in [0.2, 0.25) is 21.8 Å². The molecule has 9 heteroatoms. The minimum atomic E-state index is -3.63. The zero-order valence-corrected chi connectivity index (χ0v) is 18.1. The zero-order valence-electron chi connectivity index (χ0n) is 17.2. The molecule has 0 bridgehead atoms. The van der Waals surface area contributed by atoms with Crippen LogP contribution in [0.4, 0.5) is 5.69 Å². The molecule has 31 heavy (non-hydrogen) atoms. The second-order valence-corrected chi connectivity index (χ2v) is 9.84. The van der Waals surface area contributed by atoms with Gasteiger partial charge in [-0.25, -0.2) is 8.42 Å². The van der Waals surface area contributed by atoms with Crippen LogP contribution in [0.5, 0.6) is 0 Å². The van der Waals surface area contributed by atoms with E-state index in [4.69, 9.17) is 0 Å². The van der Waals surface area contributed by atoms with Gasteiger partial charge in [-0.3, -0.25) is 14.6 Å². The van der Waals surface area contributed by atoms with E-state index in [-0.39, 0.29) is 22.6 Å². The maximum Gasteiger partial charge on any atom is 0.243 e. The van der Waals surface area contributed by atoms with Gasteiger partial charge in [0.15, 0.2) is 0 Å². The van der Waals surface area contributed by atoms with Crippen molar-refractivity contribution in [3.05, 3.63) is 54.4 Å². The summed E-state index contributed by atoms with van der Waals surface area (Å²) in [5.74, 6) is -0.188. The summed E-state index contributed by atoms with van der Waals surface area (Å²) in [4.78, 5) is 30.3. The average Bonchev–Trinajstić information content (AvgIpc) is 3.24. The third-order valence-electron chi connectivity index (χ3n) is 5.87. The molecule has 2 aliphatic heterocycles. The Morgan fingerprint density at radius 3 is 2.45 bits per heavy atom. The molecule has 2 aromatic rings. The van der Waals surface area contributed by atoms with E-state index in [2.05, 4.69) is 10.3 Å². The Kier molecular flexibility index (Phi) is 6.33. The summed E-state index contributed by atoms with van der Waals surface area (Å²) < 4.78 is 27.5. The molecule has 3 heterocycles. The van der Waals surface area contributed by atoms with Gasteiger partial charge in [-0.2, -0.15) is 4.31 Å². The van der Waals surface area contributed by atoms with E-state index in [1.54, 1.807) is 41.6 Å². The monoisotopic (exact) mass is 442 g/mol.